The molecule has 1 aliphatic heterocycles. The largest absolute Gasteiger partial charge is 0.481 e. The third-order valence-corrected chi connectivity index (χ3v) is 5.07. The van der Waals surface area contributed by atoms with E-state index in [0.29, 0.717) is 38.9 Å². The number of rotatable bonds is 7. The zero-order chi connectivity index (χ0) is 16.9. The molecule has 0 radical (unpaired) electrons. The summed E-state index contributed by atoms with van der Waals surface area (Å²) in [6.07, 6.45) is 7.41. The zero-order valence-electron chi connectivity index (χ0n) is 13.2. The van der Waals surface area contributed by atoms with Crippen molar-refractivity contribution in [3.63, 3.8) is 0 Å². The van der Waals surface area contributed by atoms with Gasteiger partial charge in [-0.25, -0.2) is 0 Å². The minimum atomic E-state index is -0.986. The number of ether oxygens (including phenoxy) is 2. The van der Waals surface area contributed by atoms with E-state index in [1.165, 1.54) is 0 Å². The van der Waals surface area contributed by atoms with E-state index >= 15 is 0 Å². The second kappa shape index (κ2) is 7.65. The summed E-state index contributed by atoms with van der Waals surface area (Å²) in [5.74, 6) is 1.01. The first-order valence-corrected chi connectivity index (χ1v) is 8.71. The average Bonchev–Trinajstić information content (AvgIpc) is 3.00. The maximum absolute atomic E-state index is 11.9. The van der Waals surface area contributed by atoms with Gasteiger partial charge in [0.15, 0.2) is 5.79 Å². The smallest absolute Gasteiger partial charge is 0.313 e. The Kier molecular flexibility index (Phi) is 6.06. The molecule has 0 saturated carbocycles. The van der Waals surface area contributed by atoms with Crippen molar-refractivity contribution in [2.45, 2.75) is 43.8 Å². The van der Waals surface area contributed by atoms with Crippen molar-refractivity contribution in [2.75, 3.05) is 13.2 Å². The number of hydrogen-bond donors (Lipinski definition) is 1. The van der Waals surface area contributed by atoms with Crippen LogP contribution in [0.15, 0.2) is 24.3 Å². The van der Waals surface area contributed by atoms with Crippen molar-refractivity contribution in [3.8, 4) is 12.3 Å². The molecule has 1 aromatic rings. The molecule has 0 amide bonds. The average molecular weight is 428 g/mol. The molecule has 124 valence electrons. The molecule has 0 aromatic heterocycles. The van der Waals surface area contributed by atoms with Gasteiger partial charge in [0, 0.05) is 22.8 Å². The summed E-state index contributed by atoms with van der Waals surface area (Å²) in [6, 6.07) is 7.61. The highest BCUT2D eigenvalue weighted by Crippen LogP contribution is 2.37. The van der Waals surface area contributed by atoms with Gasteiger partial charge in [0.05, 0.1) is 18.6 Å². The first-order valence-electron chi connectivity index (χ1n) is 7.63. The van der Waals surface area contributed by atoms with Gasteiger partial charge in [0.1, 0.15) is 0 Å². The molecule has 0 bridgehead atoms. The maximum Gasteiger partial charge on any atom is 0.313 e. The summed E-state index contributed by atoms with van der Waals surface area (Å²) in [5, 5.41) is 9.79. The van der Waals surface area contributed by atoms with Crippen LogP contribution >= 0.6 is 22.6 Å². The normalized spacial score (nSPS) is 19.0. The molecular weight excluding hydrogens is 407 g/mol. The standard InChI is InChI=1S/C18H21IO4/c1-3-4-8-18(22-11-12-23-18)10-9-17(2,16(20)21)14-6-5-7-15(19)13-14/h1,5-7,13H,4,8-12H2,2H3,(H,20,21). The monoisotopic (exact) mass is 428 g/mol. The molecule has 5 heteroatoms. The van der Waals surface area contributed by atoms with Crippen LogP contribution in [0, 0.1) is 15.9 Å². The van der Waals surface area contributed by atoms with Crippen LogP contribution in [0.3, 0.4) is 0 Å². The Morgan fingerprint density at radius 1 is 1.43 bits per heavy atom. The molecule has 2 rings (SSSR count). The minimum absolute atomic E-state index is 0.424. The molecule has 1 heterocycles. The maximum atomic E-state index is 11.9. The van der Waals surface area contributed by atoms with Crippen LogP contribution in [0.5, 0.6) is 0 Å². The quantitative estimate of drug-likeness (QED) is 0.533. The second-order valence-corrected chi connectivity index (χ2v) is 7.20. The van der Waals surface area contributed by atoms with Crippen LogP contribution in [0.2, 0.25) is 0 Å². The summed E-state index contributed by atoms with van der Waals surface area (Å²) in [4.78, 5) is 11.9. The molecule has 0 spiro atoms. The summed E-state index contributed by atoms with van der Waals surface area (Å²) in [6.45, 7) is 2.81. The predicted molar refractivity (Wildman–Crippen MR) is 96.1 cm³/mol. The van der Waals surface area contributed by atoms with Crippen molar-refractivity contribution in [1.29, 1.82) is 0 Å². The highest BCUT2D eigenvalue weighted by molar-refractivity contribution is 14.1. The van der Waals surface area contributed by atoms with Crippen LogP contribution < -0.4 is 0 Å². The number of carboxylic acid groups (broad SMARTS) is 1. The van der Waals surface area contributed by atoms with E-state index in [4.69, 9.17) is 15.9 Å². The molecule has 1 atom stereocenters. The highest BCUT2D eigenvalue weighted by atomic mass is 127. The van der Waals surface area contributed by atoms with Crippen LogP contribution in [0.1, 0.15) is 38.2 Å². The number of terminal acetylenes is 1. The fourth-order valence-corrected chi connectivity index (χ4v) is 3.36. The minimum Gasteiger partial charge on any atom is -0.481 e. The Morgan fingerprint density at radius 3 is 2.70 bits per heavy atom. The van der Waals surface area contributed by atoms with Crippen LogP contribution in [0.4, 0.5) is 0 Å². The van der Waals surface area contributed by atoms with Gasteiger partial charge in [-0.2, -0.15) is 0 Å². The molecule has 0 aliphatic carbocycles. The number of carboxylic acids is 1. The van der Waals surface area contributed by atoms with E-state index in [1.807, 2.05) is 24.3 Å². The second-order valence-electron chi connectivity index (χ2n) is 5.96. The number of aliphatic carboxylic acids is 1. The van der Waals surface area contributed by atoms with Gasteiger partial charge in [0.2, 0.25) is 0 Å². The third kappa shape index (κ3) is 4.25. The van der Waals surface area contributed by atoms with Crippen LogP contribution in [-0.2, 0) is 19.7 Å². The molecular formula is C18H21IO4. The number of benzene rings is 1. The topological polar surface area (TPSA) is 55.8 Å². The van der Waals surface area contributed by atoms with Gasteiger partial charge in [-0.1, -0.05) is 12.1 Å². The Balaban J connectivity index is 2.19. The van der Waals surface area contributed by atoms with Gasteiger partial charge in [0.25, 0.3) is 0 Å². The lowest BCUT2D eigenvalue weighted by molar-refractivity contribution is -0.171. The fourth-order valence-electron chi connectivity index (χ4n) is 2.82. The molecule has 1 aromatic carbocycles. The van der Waals surface area contributed by atoms with E-state index in [-0.39, 0.29) is 0 Å². The van der Waals surface area contributed by atoms with Gasteiger partial charge < -0.3 is 14.6 Å². The summed E-state index contributed by atoms with van der Waals surface area (Å²) >= 11 is 2.19. The van der Waals surface area contributed by atoms with Gasteiger partial charge in [-0.3, -0.25) is 4.79 Å². The lowest BCUT2D eigenvalue weighted by Crippen LogP contribution is -2.38. The lowest BCUT2D eigenvalue weighted by Gasteiger charge is -2.32. The first-order chi connectivity index (χ1) is 10.9. The number of hydrogen-bond acceptors (Lipinski definition) is 3. The van der Waals surface area contributed by atoms with Crippen molar-refractivity contribution in [2.24, 2.45) is 0 Å². The van der Waals surface area contributed by atoms with E-state index in [9.17, 15) is 9.90 Å². The molecule has 1 N–H and O–H groups in total. The van der Waals surface area contributed by atoms with Gasteiger partial charge >= 0.3 is 5.97 Å². The van der Waals surface area contributed by atoms with E-state index in [1.54, 1.807) is 6.92 Å². The van der Waals surface area contributed by atoms with E-state index in [0.717, 1.165) is 9.13 Å². The van der Waals surface area contributed by atoms with Crippen LogP contribution in [-0.4, -0.2) is 30.1 Å². The zero-order valence-corrected chi connectivity index (χ0v) is 15.3. The van der Waals surface area contributed by atoms with Crippen molar-refractivity contribution in [3.05, 3.63) is 33.4 Å². The van der Waals surface area contributed by atoms with Crippen molar-refractivity contribution in [1.82, 2.24) is 0 Å². The molecule has 1 unspecified atom stereocenters. The molecule has 23 heavy (non-hydrogen) atoms. The van der Waals surface area contributed by atoms with Gasteiger partial charge in [-0.05, 0) is 53.6 Å². The number of carbonyl (C=O) groups is 1. The SMILES string of the molecule is C#CCCC1(CCC(C)(C(=O)O)c2cccc(I)c2)OCCO1. The van der Waals surface area contributed by atoms with Crippen molar-refractivity contribution >= 4 is 28.6 Å². The molecule has 1 saturated heterocycles. The Labute approximate surface area is 150 Å². The molecule has 1 aliphatic rings. The molecule has 4 nitrogen and oxygen atoms in total. The van der Waals surface area contributed by atoms with E-state index < -0.39 is 17.2 Å². The summed E-state index contributed by atoms with van der Waals surface area (Å²) < 4.78 is 12.5. The summed E-state index contributed by atoms with van der Waals surface area (Å²) in [7, 11) is 0. The van der Waals surface area contributed by atoms with Crippen molar-refractivity contribution < 1.29 is 19.4 Å². The third-order valence-electron chi connectivity index (χ3n) is 4.40. The Morgan fingerprint density at radius 2 is 2.13 bits per heavy atom. The Hall–Kier alpha value is -1.10. The Bertz CT molecular complexity index is 601. The predicted octanol–water partition coefficient (Wildman–Crippen LogP) is 3.57. The van der Waals surface area contributed by atoms with Crippen LogP contribution in [0.25, 0.3) is 0 Å². The molecule has 1 fully saturated rings. The first kappa shape index (κ1) is 18.2. The van der Waals surface area contributed by atoms with E-state index in [2.05, 4.69) is 28.5 Å². The highest BCUT2D eigenvalue weighted by Gasteiger charge is 2.42. The number of halogens is 1. The lowest BCUT2D eigenvalue weighted by atomic mass is 9.77. The van der Waals surface area contributed by atoms with Gasteiger partial charge in [-0.15, -0.1) is 12.3 Å². The fraction of sp³-hybridized carbons (Fsp3) is 0.500. The summed E-state index contributed by atoms with van der Waals surface area (Å²) in [5.41, 5.74) is -0.193.